The summed E-state index contributed by atoms with van der Waals surface area (Å²) in [5, 5.41) is 6.93. The van der Waals surface area contributed by atoms with Gasteiger partial charge in [-0.1, -0.05) is 35.5 Å². The van der Waals surface area contributed by atoms with Gasteiger partial charge in [0.05, 0.1) is 19.9 Å². The second-order valence-electron chi connectivity index (χ2n) is 5.61. The summed E-state index contributed by atoms with van der Waals surface area (Å²) in [4.78, 5) is 17.6. The highest BCUT2D eigenvalue weighted by molar-refractivity contribution is 6.06. The van der Waals surface area contributed by atoms with Crippen molar-refractivity contribution >= 4 is 11.6 Å². The predicted molar refractivity (Wildman–Crippen MR) is 93.9 cm³/mol. The molecule has 1 aliphatic heterocycles. The number of carbonyl (C=O) groups is 1. The summed E-state index contributed by atoms with van der Waals surface area (Å²) >= 11 is 0. The van der Waals surface area contributed by atoms with Crippen LogP contribution >= 0.6 is 0 Å². The van der Waals surface area contributed by atoms with Gasteiger partial charge >= 0.3 is 0 Å². The summed E-state index contributed by atoms with van der Waals surface area (Å²) < 4.78 is 10.6. The number of nitrogens with zero attached hydrogens (tertiary/aromatic N) is 1. The molecule has 0 radical (unpaired) electrons. The lowest BCUT2D eigenvalue weighted by molar-refractivity contribution is -0.131. The second kappa shape index (κ2) is 7.70. The number of carbonyl (C=O) groups excluding carboxylic acids is 1. The lowest BCUT2D eigenvalue weighted by Crippen LogP contribution is -2.34. The number of amides is 1. The molecule has 6 nitrogen and oxygen atoms in total. The standard InChI is InChI=1S/C19H20N2O4/c1-23-14-8-9-15(17(10-14)24-2)16-11-18(25-21-16)19(22)20-12-13-6-4-3-5-7-13/h3-10,18H,11-12H2,1-2H3,(H,20,22)/t18-/m0/s1. The number of oxime groups is 1. The zero-order valence-corrected chi connectivity index (χ0v) is 14.2. The summed E-state index contributed by atoms with van der Waals surface area (Å²) in [7, 11) is 3.18. The molecule has 0 spiro atoms. The molecular formula is C19H20N2O4. The van der Waals surface area contributed by atoms with Crippen LogP contribution in [0.15, 0.2) is 53.7 Å². The van der Waals surface area contributed by atoms with Crippen molar-refractivity contribution in [1.82, 2.24) is 5.32 Å². The molecule has 6 heteroatoms. The van der Waals surface area contributed by atoms with Gasteiger partial charge < -0.3 is 19.6 Å². The molecule has 1 N–H and O–H groups in total. The highest BCUT2D eigenvalue weighted by Crippen LogP contribution is 2.28. The van der Waals surface area contributed by atoms with Crippen LogP contribution in [0, 0.1) is 0 Å². The third-order valence-electron chi connectivity index (χ3n) is 3.99. The van der Waals surface area contributed by atoms with E-state index in [4.69, 9.17) is 14.3 Å². The van der Waals surface area contributed by atoms with Crippen LogP contribution in [-0.4, -0.2) is 31.9 Å². The molecule has 130 valence electrons. The Kier molecular flexibility index (Phi) is 5.18. The summed E-state index contributed by atoms with van der Waals surface area (Å²) in [6.07, 6.45) is -0.242. The molecule has 0 fully saturated rings. The molecule has 1 heterocycles. The quantitative estimate of drug-likeness (QED) is 0.877. The maximum atomic E-state index is 12.3. The molecule has 1 amide bonds. The van der Waals surface area contributed by atoms with Crippen molar-refractivity contribution in [2.45, 2.75) is 19.1 Å². The number of ether oxygens (including phenoxy) is 2. The second-order valence-corrected chi connectivity index (χ2v) is 5.61. The van der Waals surface area contributed by atoms with Crippen LogP contribution in [0.25, 0.3) is 0 Å². The van der Waals surface area contributed by atoms with Crippen molar-refractivity contribution in [3.8, 4) is 11.5 Å². The minimum atomic E-state index is -0.634. The van der Waals surface area contributed by atoms with Crippen molar-refractivity contribution in [2.75, 3.05) is 14.2 Å². The molecule has 2 aromatic rings. The number of nitrogens with one attached hydrogen (secondary N) is 1. The Morgan fingerprint density at radius 1 is 1.20 bits per heavy atom. The first-order valence-corrected chi connectivity index (χ1v) is 7.98. The van der Waals surface area contributed by atoms with Crippen molar-refractivity contribution in [1.29, 1.82) is 0 Å². The Morgan fingerprint density at radius 2 is 2.00 bits per heavy atom. The number of hydrogen-bond donors (Lipinski definition) is 1. The topological polar surface area (TPSA) is 69.2 Å². The normalized spacial score (nSPS) is 15.9. The van der Waals surface area contributed by atoms with Crippen molar-refractivity contribution in [3.05, 3.63) is 59.7 Å². The Balaban J connectivity index is 1.62. The lowest BCUT2D eigenvalue weighted by atomic mass is 10.0. The fraction of sp³-hybridized carbons (Fsp3) is 0.263. The largest absolute Gasteiger partial charge is 0.497 e. The van der Waals surface area contributed by atoms with E-state index >= 15 is 0 Å². The van der Waals surface area contributed by atoms with Crippen LogP contribution in [0.1, 0.15) is 17.5 Å². The Hall–Kier alpha value is -3.02. The maximum absolute atomic E-state index is 12.3. The zero-order valence-electron chi connectivity index (χ0n) is 14.2. The summed E-state index contributed by atoms with van der Waals surface area (Å²) in [5.41, 5.74) is 2.51. The Bertz CT molecular complexity index is 774. The molecule has 1 aliphatic rings. The smallest absolute Gasteiger partial charge is 0.264 e. The summed E-state index contributed by atoms with van der Waals surface area (Å²) in [6.45, 7) is 0.459. The third kappa shape index (κ3) is 3.91. The van der Waals surface area contributed by atoms with Crippen LogP contribution in [-0.2, 0) is 16.2 Å². The molecule has 0 aromatic heterocycles. The molecule has 0 bridgehead atoms. The van der Waals surface area contributed by atoms with E-state index in [9.17, 15) is 4.79 Å². The van der Waals surface area contributed by atoms with Crippen LogP contribution in [0.5, 0.6) is 11.5 Å². The fourth-order valence-corrected chi connectivity index (χ4v) is 2.61. The van der Waals surface area contributed by atoms with Gasteiger partial charge in [0, 0.05) is 24.6 Å². The van der Waals surface area contributed by atoms with Gasteiger partial charge in [0.1, 0.15) is 11.5 Å². The number of hydrogen-bond acceptors (Lipinski definition) is 5. The van der Waals surface area contributed by atoms with Crippen LogP contribution < -0.4 is 14.8 Å². The average molecular weight is 340 g/mol. The summed E-state index contributed by atoms with van der Waals surface area (Å²) in [5.74, 6) is 1.14. The molecule has 0 saturated carbocycles. The van der Waals surface area contributed by atoms with E-state index in [0.29, 0.717) is 30.2 Å². The maximum Gasteiger partial charge on any atom is 0.264 e. The van der Waals surface area contributed by atoms with Gasteiger partial charge in [-0.25, -0.2) is 0 Å². The van der Waals surface area contributed by atoms with Gasteiger partial charge in [-0.3, -0.25) is 4.79 Å². The first-order valence-electron chi connectivity index (χ1n) is 7.98. The molecule has 0 aliphatic carbocycles. The number of benzene rings is 2. The number of rotatable bonds is 6. The molecule has 0 unspecified atom stereocenters. The molecule has 1 atom stereocenters. The molecule has 0 saturated heterocycles. The third-order valence-corrected chi connectivity index (χ3v) is 3.99. The Labute approximate surface area is 146 Å². The van der Waals surface area contributed by atoms with E-state index in [1.165, 1.54) is 0 Å². The van der Waals surface area contributed by atoms with Gasteiger partial charge in [-0.15, -0.1) is 0 Å². The summed E-state index contributed by atoms with van der Waals surface area (Å²) in [6, 6.07) is 15.2. The molecule has 25 heavy (non-hydrogen) atoms. The monoisotopic (exact) mass is 340 g/mol. The van der Waals surface area contributed by atoms with E-state index in [1.807, 2.05) is 42.5 Å². The van der Waals surface area contributed by atoms with Gasteiger partial charge in [0.2, 0.25) is 6.10 Å². The SMILES string of the molecule is COc1ccc(C2=NO[C@H](C(=O)NCc3ccccc3)C2)c(OC)c1. The van der Waals surface area contributed by atoms with Crippen LogP contribution in [0.4, 0.5) is 0 Å². The predicted octanol–water partition coefficient (Wildman–Crippen LogP) is 2.51. The Morgan fingerprint density at radius 3 is 2.72 bits per heavy atom. The minimum absolute atomic E-state index is 0.185. The van der Waals surface area contributed by atoms with Crippen molar-refractivity contribution in [2.24, 2.45) is 5.16 Å². The van der Waals surface area contributed by atoms with E-state index < -0.39 is 6.10 Å². The van der Waals surface area contributed by atoms with E-state index in [0.717, 1.165) is 11.1 Å². The van der Waals surface area contributed by atoms with E-state index in [-0.39, 0.29) is 5.91 Å². The minimum Gasteiger partial charge on any atom is -0.497 e. The van der Waals surface area contributed by atoms with Gasteiger partial charge in [-0.2, -0.15) is 0 Å². The molecule has 2 aromatic carbocycles. The van der Waals surface area contributed by atoms with Crippen LogP contribution in [0.3, 0.4) is 0 Å². The van der Waals surface area contributed by atoms with Crippen molar-refractivity contribution in [3.63, 3.8) is 0 Å². The zero-order chi connectivity index (χ0) is 17.6. The van der Waals surface area contributed by atoms with Gasteiger partial charge in [0.25, 0.3) is 5.91 Å². The molecular weight excluding hydrogens is 320 g/mol. The number of methoxy groups -OCH3 is 2. The molecule has 3 rings (SSSR count). The highest BCUT2D eigenvalue weighted by Gasteiger charge is 2.30. The first-order chi connectivity index (χ1) is 12.2. The highest BCUT2D eigenvalue weighted by atomic mass is 16.6. The lowest BCUT2D eigenvalue weighted by Gasteiger charge is -2.11. The average Bonchev–Trinajstić information content (AvgIpc) is 3.16. The van der Waals surface area contributed by atoms with E-state index in [1.54, 1.807) is 20.3 Å². The first kappa shape index (κ1) is 16.8. The van der Waals surface area contributed by atoms with Crippen molar-refractivity contribution < 1.29 is 19.1 Å². The van der Waals surface area contributed by atoms with Gasteiger partial charge in [0.15, 0.2) is 0 Å². The van der Waals surface area contributed by atoms with Crippen LogP contribution in [0.2, 0.25) is 0 Å². The van der Waals surface area contributed by atoms with E-state index in [2.05, 4.69) is 10.5 Å². The fourth-order valence-electron chi connectivity index (χ4n) is 2.61. The van der Waals surface area contributed by atoms with Gasteiger partial charge in [-0.05, 0) is 17.7 Å².